The van der Waals surface area contributed by atoms with E-state index in [9.17, 15) is 0 Å². The molecule has 1 rings (SSSR count). The topological polar surface area (TPSA) is 39.1 Å². The Morgan fingerprint density at radius 3 is 2.56 bits per heavy atom. The van der Waals surface area contributed by atoms with E-state index in [4.69, 9.17) is 4.74 Å². The van der Waals surface area contributed by atoms with Crippen LogP contribution in [-0.2, 0) is 13.6 Å². The number of methoxy groups -OCH3 is 1. The Labute approximate surface area is 98.0 Å². The summed E-state index contributed by atoms with van der Waals surface area (Å²) in [5.74, 6) is 0.844. The first-order valence-electron chi connectivity index (χ1n) is 5.72. The Balaban J connectivity index is 2.81. The Morgan fingerprint density at radius 2 is 2.06 bits per heavy atom. The van der Waals surface area contributed by atoms with Gasteiger partial charge in [0.2, 0.25) is 5.88 Å². The zero-order valence-corrected chi connectivity index (χ0v) is 11.2. The van der Waals surface area contributed by atoms with E-state index in [0.29, 0.717) is 0 Å². The Hall–Kier alpha value is -1.03. The molecule has 1 heterocycles. The highest BCUT2D eigenvalue weighted by atomic mass is 16.5. The summed E-state index contributed by atoms with van der Waals surface area (Å²) >= 11 is 0. The van der Waals surface area contributed by atoms with E-state index in [2.05, 4.69) is 31.2 Å². The minimum absolute atomic E-state index is 0.146. The van der Waals surface area contributed by atoms with Crippen LogP contribution in [0.4, 0.5) is 0 Å². The van der Waals surface area contributed by atoms with Crippen molar-refractivity contribution < 1.29 is 4.74 Å². The largest absolute Gasteiger partial charge is 0.481 e. The molecule has 0 aliphatic rings. The third kappa shape index (κ3) is 2.76. The third-order valence-corrected chi connectivity index (χ3v) is 3.11. The summed E-state index contributed by atoms with van der Waals surface area (Å²) in [5.41, 5.74) is 2.32. The summed E-state index contributed by atoms with van der Waals surface area (Å²) < 4.78 is 7.14. The number of ether oxygens (including phenoxy) is 1. The maximum absolute atomic E-state index is 5.36. The molecule has 0 atom stereocenters. The molecule has 4 heteroatoms. The Morgan fingerprint density at radius 1 is 1.44 bits per heavy atom. The molecule has 92 valence electrons. The lowest BCUT2D eigenvalue weighted by molar-refractivity contribution is 0.351. The molecule has 0 bridgehead atoms. The molecule has 1 aromatic rings. The monoisotopic (exact) mass is 225 g/mol. The normalized spacial score (nSPS) is 11.9. The predicted octanol–water partition coefficient (Wildman–Crippen LogP) is 2.02. The summed E-state index contributed by atoms with van der Waals surface area (Å²) in [7, 11) is 3.59. The Bertz CT molecular complexity index is 355. The fourth-order valence-electron chi connectivity index (χ4n) is 1.59. The van der Waals surface area contributed by atoms with Crippen LogP contribution < -0.4 is 10.1 Å². The standard InChI is InChI=1S/C12H23N3O/c1-7-12(3,4)13-8-10-9(2)14-15(5)11(10)16-6/h13H,7-8H2,1-6H3. The van der Waals surface area contributed by atoms with Gasteiger partial charge in [-0.1, -0.05) is 6.92 Å². The molecule has 0 saturated heterocycles. The molecule has 1 aromatic heterocycles. The molecular formula is C12H23N3O. The maximum atomic E-state index is 5.36. The van der Waals surface area contributed by atoms with Gasteiger partial charge in [-0.2, -0.15) is 5.10 Å². The van der Waals surface area contributed by atoms with Crippen LogP contribution >= 0.6 is 0 Å². The van der Waals surface area contributed by atoms with Crippen LogP contribution in [0.15, 0.2) is 0 Å². The molecular weight excluding hydrogens is 202 g/mol. The molecule has 0 unspecified atom stereocenters. The smallest absolute Gasteiger partial charge is 0.216 e. The van der Waals surface area contributed by atoms with Crippen LogP contribution in [-0.4, -0.2) is 22.4 Å². The second-order valence-corrected chi connectivity index (χ2v) is 4.79. The van der Waals surface area contributed by atoms with Gasteiger partial charge < -0.3 is 10.1 Å². The van der Waals surface area contributed by atoms with E-state index < -0.39 is 0 Å². The molecule has 16 heavy (non-hydrogen) atoms. The third-order valence-electron chi connectivity index (χ3n) is 3.11. The minimum atomic E-state index is 0.146. The Kier molecular flexibility index (Phi) is 3.97. The molecule has 0 radical (unpaired) electrons. The van der Waals surface area contributed by atoms with Crippen LogP contribution in [0.2, 0.25) is 0 Å². The first-order chi connectivity index (χ1) is 7.41. The van der Waals surface area contributed by atoms with E-state index >= 15 is 0 Å². The molecule has 0 spiro atoms. The van der Waals surface area contributed by atoms with Gasteiger partial charge in [0.25, 0.3) is 0 Å². The van der Waals surface area contributed by atoms with Gasteiger partial charge >= 0.3 is 0 Å². The number of hydrogen-bond acceptors (Lipinski definition) is 3. The lowest BCUT2D eigenvalue weighted by Gasteiger charge is -2.24. The predicted molar refractivity (Wildman–Crippen MR) is 65.7 cm³/mol. The number of nitrogens with one attached hydrogen (secondary N) is 1. The van der Waals surface area contributed by atoms with Crippen molar-refractivity contribution in [3.05, 3.63) is 11.3 Å². The molecule has 1 N–H and O–H groups in total. The minimum Gasteiger partial charge on any atom is -0.481 e. The van der Waals surface area contributed by atoms with E-state index in [1.807, 2.05) is 14.0 Å². The number of hydrogen-bond donors (Lipinski definition) is 1. The SMILES string of the molecule is CCC(C)(C)NCc1c(C)nn(C)c1OC. The summed E-state index contributed by atoms with van der Waals surface area (Å²) in [6.45, 7) is 9.39. The van der Waals surface area contributed by atoms with Gasteiger partial charge in [0.05, 0.1) is 18.4 Å². The van der Waals surface area contributed by atoms with Crippen LogP contribution in [0.1, 0.15) is 38.4 Å². The van der Waals surface area contributed by atoms with Gasteiger partial charge in [0.15, 0.2) is 0 Å². The van der Waals surface area contributed by atoms with E-state index in [1.54, 1.807) is 11.8 Å². The highest BCUT2D eigenvalue weighted by Gasteiger charge is 2.18. The van der Waals surface area contributed by atoms with Gasteiger partial charge in [0.1, 0.15) is 0 Å². The molecule has 0 aromatic carbocycles. The van der Waals surface area contributed by atoms with Crippen molar-refractivity contribution in [1.29, 1.82) is 0 Å². The van der Waals surface area contributed by atoms with Gasteiger partial charge in [-0.15, -0.1) is 0 Å². The van der Waals surface area contributed by atoms with Crippen LogP contribution in [0.3, 0.4) is 0 Å². The van der Waals surface area contributed by atoms with E-state index in [-0.39, 0.29) is 5.54 Å². The van der Waals surface area contributed by atoms with Crippen molar-refractivity contribution in [2.24, 2.45) is 7.05 Å². The highest BCUT2D eigenvalue weighted by molar-refractivity contribution is 5.30. The van der Waals surface area contributed by atoms with Crippen molar-refractivity contribution in [2.75, 3.05) is 7.11 Å². The lowest BCUT2D eigenvalue weighted by Crippen LogP contribution is -2.37. The zero-order chi connectivity index (χ0) is 12.3. The van der Waals surface area contributed by atoms with Gasteiger partial charge in [-0.25, -0.2) is 4.68 Å². The summed E-state index contributed by atoms with van der Waals surface area (Å²) in [6, 6.07) is 0. The summed E-state index contributed by atoms with van der Waals surface area (Å²) in [5, 5.41) is 7.88. The van der Waals surface area contributed by atoms with Crippen molar-refractivity contribution in [3.63, 3.8) is 0 Å². The molecule has 0 fully saturated rings. The van der Waals surface area contributed by atoms with E-state index in [0.717, 1.165) is 30.1 Å². The molecule has 4 nitrogen and oxygen atoms in total. The number of nitrogens with zero attached hydrogens (tertiary/aromatic N) is 2. The zero-order valence-electron chi connectivity index (χ0n) is 11.2. The second-order valence-electron chi connectivity index (χ2n) is 4.79. The van der Waals surface area contributed by atoms with Crippen molar-refractivity contribution in [1.82, 2.24) is 15.1 Å². The molecule has 0 amide bonds. The molecule has 0 saturated carbocycles. The van der Waals surface area contributed by atoms with Crippen molar-refractivity contribution in [3.8, 4) is 5.88 Å². The first kappa shape index (κ1) is 13.0. The summed E-state index contributed by atoms with van der Waals surface area (Å²) in [6.07, 6.45) is 1.09. The van der Waals surface area contributed by atoms with Crippen LogP contribution in [0, 0.1) is 6.92 Å². The lowest BCUT2D eigenvalue weighted by atomic mass is 10.0. The fraction of sp³-hybridized carbons (Fsp3) is 0.750. The van der Waals surface area contributed by atoms with Crippen molar-refractivity contribution in [2.45, 2.75) is 46.2 Å². The first-order valence-corrected chi connectivity index (χ1v) is 5.72. The van der Waals surface area contributed by atoms with Crippen molar-refractivity contribution >= 4 is 0 Å². The van der Waals surface area contributed by atoms with Crippen LogP contribution in [0.25, 0.3) is 0 Å². The van der Waals surface area contributed by atoms with Gasteiger partial charge in [-0.05, 0) is 27.2 Å². The number of rotatable bonds is 5. The average Bonchev–Trinajstić information content (AvgIpc) is 2.50. The fourth-order valence-corrected chi connectivity index (χ4v) is 1.59. The highest BCUT2D eigenvalue weighted by Crippen LogP contribution is 2.21. The molecule has 0 aliphatic heterocycles. The number of aromatic nitrogens is 2. The summed E-state index contributed by atoms with van der Waals surface area (Å²) in [4.78, 5) is 0. The van der Waals surface area contributed by atoms with Gasteiger partial charge in [-0.3, -0.25) is 0 Å². The quantitative estimate of drug-likeness (QED) is 0.833. The molecule has 0 aliphatic carbocycles. The average molecular weight is 225 g/mol. The number of aryl methyl sites for hydroxylation is 2. The second kappa shape index (κ2) is 4.87. The maximum Gasteiger partial charge on any atom is 0.216 e. The van der Waals surface area contributed by atoms with E-state index in [1.165, 1.54) is 0 Å². The van der Waals surface area contributed by atoms with Gasteiger partial charge in [0, 0.05) is 19.1 Å². The van der Waals surface area contributed by atoms with Crippen LogP contribution in [0.5, 0.6) is 5.88 Å².